The van der Waals surface area contributed by atoms with Crippen LogP contribution < -0.4 is 4.74 Å². The van der Waals surface area contributed by atoms with Gasteiger partial charge in [0.2, 0.25) is 0 Å². The third-order valence-corrected chi connectivity index (χ3v) is 2.93. The SMILES string of the molecule is COc1ccc(C/C=C/C(=O)c2ccc(O)cc2)cc1. The lowest BCUT2D eigenvalue weighted by Gasteiger charge is -2.00. The molecule has 102 valence electrons. The Morgan fingerprint density at radius 1 is 1.10 bits per heavy atom. The molecule has 0 aromatic heterocycles. The minimum Gasteiger partial charge on any atom is -0.508 e. The number of phenolic OH excluding ortho intramolecular Hbond substituents is 1. The molecule has 1 N–H and O–H groups in total. The maximum atomic E-state index is 11.9. The predicted octanol–water partition coefficient (Wildman–Crippen LogP) is 3.38. The second-order valence-electron chi connectivity index (χ2n) is 4.37. The minimum absolute atomic E-state index is 0.0708. The highest BCUT2D eigenvalue weighted by Gasteiger charge is 2.00. The molecule has 2 aromatic rings. The number of hydrogen-bond acceptors (Lipinski definition) is 3. The summed E-state index contributed by atoms with van der Waals surface area (Å²) in [6.45, 7) is 0. The Morgan fingerprint density at radius 2 is 1.75 bits per heavy atom. The molecular weight excluding hydrogens is 252 g/mol. The van der Waals surface area contributed by atoms with Gasteiger partial charge in [-0.25, -0.2) is 0 Å². The molecule has 2 aromatic carbocycles. The molecular formula is C17H16O3. The van der Waals surface area contributed by atoms with Gasteiger partial charge in [-0.3, -0.25) is 4.79 Å². The lowest BCUT2D eigenvalue weighted by Crippen LogP contribution is -1.93. The van der Waals surface area contributed by atoms with Gasteiger partial charge in [-0.1, -0.05) is 18.2 Å². The van der Waals surface area contributed by atoms with Crippen LogP contribution in [0, 0.1) is 0 Å². The zero-order valence-corrected chi connectivity index (χ0v) is 11.2. The third kappa shape index (κ3) is 3.72. The van der Waals surface area contributed by atoms with Crippen LogP contribution >= 0.6 is 0 Å². The van der Waals surface area contributed by atoms with Crippen LogP contribution in [0.3, 0.4) is 0 Å². The number of methoxy groups -OCH3 is 1. The number of rotatable bonds is 5. The number of hydrogen-bond donors (Lipinski definition) is 1. The molecule has 0 aliphatic carbocycles. The average Bonchev–Trinajstić information content (AvgIpc) is 2.48. The molecule has 0 saturated heterocycles. The van der Waals surface area contributed by atoms with Crippen molar-refractivity contribution in [3.8, 4) is 11.5 Å². The highest BCUT2D eigenvalue weighted by atomic mass is 16.5. The topological polar surface area (TPSA) is 46.5 Å². The second-order valence-corrected chi connectivity index (χ2v) is 4.37. The summed E-state index contributed by atoms with van der Waals surface area (Å²) >= 11 is 0. The van der Waals surface area contributed by atoms with Gasteiger partial charge in [0.1, 0.15) is 11.5 Å². The lowest BCUT2D eigenvalue weighted by atomic mass is 10.1. The predicted molar refractivity (Wildman–Crippen MR) is 78.3 cm³/mol. The first-order valence-electron chi connectivity index (χ1n) is 6.32. The fraction of sp³-hybridized carbons (Fsp3) is 0.118. The first kappa shape index (κ1) is 13.9. The maximum Gasteiger partial charge on any atom is 0.185 e. The Bertz CT molecular complexity index is 595. The van der Waals surface area contributed by atoms with Crippen molar-refractivity contribution in [2.75, 3.05) is 7.11 Å². The standard InChI is InChI=1S/C17H16O3/c1-20-16-11-5-13(6-12-16)3-2-4-17(19)14-7-9-15(18)10-8-14/h2,4-12,18H,3H2,1H3/b4-2+. The van der Waals surface area contributed by atoms with Crippen molar-refractivity contribution in [2.24, 2.45) is 0 Å². The van der Waals surface area contributed by atoms with Crippen molar-refractivity contribution in [3.63, 3.8) is 0 Å². The molecule has 3 heteroatoms. The molecule has 2 rings (SSSR count). The fourth-order valence-corrected chi connectivity index (χ4v) is 1.79. The summed E-state index contributed by atoms with van der Waals surface area (Å²) in [4.78, 5) is 11.9. The van der Waals surface area contributed by atoms with Gasteiger partial charge in [-0.15, -0.1) is 0 Å². The van der Waals surface area contributed by atoms with Crippen molar-refractivity contribution < 1.29 is 14.6 Å². The van der Waals surface area contributed by atoms with Crippen LogP contribution in [0.15, 0.2) is 60.7 Å². The lowest BCUT2D eigenvalue weighted by molar-refractivity contribution is 0.104. The van der Waals surface area contributed by atoms with Crippen LogP contribution in [0.5, 0.6) is 11.5 Å². The van der Waals surface area contributed by atoms with E-state index in [-0.39, 0.29) is 11.5 Å². The number of carbonyl (C=O) groups excluding carboxylic acids is 1. The zero-order chi connectivity index (χ0) is 14.4. The average molecular weight is 268 g/mol. The Balaban J connectivity index is 1.95. The van der Waals surface area contributed by atoms with Crippen molar-refractivity contribution in [2.45, 2.75) is 6.42 Å². The Labute approximate surface area is 118 Å². The summed E-state index contributed by atoms with van der Waals surface area (Å²) in [7, 11) is 1.63. The van der Waals surface area contributed by atoms with Crippen LogP contribution in [0.4, 0.5) is 0 Å². The van der Waals surface area contributed by atoms with E-state index >= 15 is 0 Å². The number of allylic oxidation sites excluding steroid dienone is 2. The van der Waals surface area contributed by atoms with Gasteiger partial charge in [0.15, 0.2) is 5.78 Å². The highest BCUT2D eigenvalue weighted by molar-refractivity contribution is 6.04. The van der Waals surface area contributed by atoms with Gasteiger partial charge in [0, 0.05) is 5.56 Å². The van der Waals surface area contributed by atoms with Crippen LogP contribution in [0.25, 0.3) is 0 Å². The molecule has 3 nitrogen and oxygen atoms in total. The summed E-state index contributed by atoms with van der Waals surface area (Å²) in [5.41, 5.74) is 1.68. The number of carbonyl (C=O) groups is 1. The largest absolute Gasteiger partial charge is 0.508 e. The van der Waals surface area contributed by atoms with E-state index in [1.165, 1.54) is 12.1 Å². The summed E-state index contributed by atoms with van der Waals surface area (Å²) in [5, 5.41) is 9.17. The number of phenols is 1. The summed E-state index contributed by atoms with van der Waals surface area (Å²) in [5.74, 6) is 0.903. The summed E-state index contributed by atoms with van der Waals surface area (Å²) in [6, 6.07) is 13.9. The fourth-order valence-electron chi connectivity index (χ4n) is 1.79. The third-order valence-electron chi connectivity index (χ3n) is 2.93. The van der Waals surface area contributed by atoms with E-state index in [4.69, 9.17) is 9.84 Å². The summed E-state index contributed by atoms with van der Waals surface area (Å²) in [6.07, 6.45) is 4.07. The van der Waals surface area contributed by atoms with Gasteiger partial charge >= 0.3 is 0 Å². The van der Waals surface area contributed by atoms with E-state index in [1.54, 1.807) is 25.3 Å². The van der Waals surface area contributed by atoms with E-state index in [0.717, 1.165) is 11.3 Å². The van der Waals surface area contributed by atoms with E-state index in [9.17, 15) is 4.79 Å². The molecule has 0 unspecified atom stereocenters. The van der Waals surface area contributed by atoms with E-state index < -0.39 is 0 Å². The molecule has 0 amide bonds. The smallest absolute Gasteiger partial charge is 0.185 e. The van der Waals surface area contributed by atoms with Crippen LogP contribution in [0.2, 0.25) is 0 Å². The normalized spacial score (nSPS) is 10.7. The van der Waals surface area contributed by atoms with Crippen molar-refractivity contribution >= 4 is 5.78 Å². The van der Waals surface area contributed by atoms with Crippen molar-refractivity contribution in [1.82, 2.24) is 0 Å². The van der Waals surface area contributed by atoms with Gasteiger partial charge < -0.3 is 9.84 Å². The number of aromatic hydroxyl groups is 1. The van der Waals surface area contributed by atoms with E-state index in [2.05, 4.69) is 0 Å². The quantitative estimate of drug-likeness (QED) is 0.668. The van der Waals surface area contributed by atoms with Gasteiger partial charge in [0.05, 0.1) is 7.11 Å². The molecule has 0 bridgehead atoms. The molecule has 0 atom stereocenters. The van der Waals surface area contributed by atoms with Gasteiger partial charge in [0.25, 0.3) is 0 Å². The molecule has 20 heavy (non-hydrogen) atoms. The second kappa shape index (κ2) is 6.57. The van der Waals surface area contributed by atoms with Gasteiger partial charge in [-0.05, 0) is 54.5 Å². The first-order chi connectivity index (χ1) is 9.69. The molecule has 0 radical (unpaired) electrons. The van der Waals surface area contributed by atoms with E-state index in [0.29, 0.717) is 12.0 Å². The Morgan fingerprint density at radius 3 is 2.35 bits per heavy atom. The van der Waals surface area contributed by atoms with E-state index in [1.807, 2.05) is 30.3 Å². The first-order valence-corrected chi connectivity index (χ1v) is 6.32. The molecule has 0 aliphatic rings. The molecule has 0 spiro atoms. The molecule has 0 aliphatic heterocycles. The molecule has 0 fully saturated rings. The number of ketones is 1. The highest BCUT2D eigenvalue weighted by Crippen LogP contribution is 2.13. The molecule has 0 heterocycles. The Hall–Kier alpha value is -2.55. The van der Waals surface area contributed by atoms with Gasteiger partial charge in [-0.2, -0.15) is 0 Å². The van der Waals surface area contributed by atoms with Crippen molar-refractivity contribution in [1.29, 1.82) is 0 Å². The maximum absolute atomic E-state index is 11.9. The number of benzene rings is 2. The van der Waals surface area contributed by atoms with Crippen LogP contribution in [-0.2, 0) is 6.42 Å². The van der Waals surface area contributed by atoms with Crippen LogP contribution in [-0.4, -0.2) is 18.0 Å². The number of ether oxygens (including phenoxy) is 1. The van der Waals surface area contributed by atoms with Crippen LogP contribution in [0.1, 0.15) is 15.9 Å². The molecule has 0 saturated carbocycles. The monoisotopic (exact) mass is 268 g/mol. The Kier molecular flexibility index (Phi) is 4.56. The van der Waals surface area contributed by atoms with Crippen molar-refractivity contribution in [3.05, 3.63) is 71.8 Å². The summed E-state index contributed by atoms with van der Waals surface area (Å²) < 4.78 is 5.09. The minimum atomic E-state index is -0.0708. The zero-order valence-electron chi connectivity index (χ0n) is 11.2.